The van der Waals surface area contributed by atoms with Crippen molar-refractivity contribution in [2.75, 3.05) is 6.54 Å². The van der Waals surface area contributed by atoms with Gasteiger partial charge in [-0.1, -0.05) is 36.7 Å². The number of hydrogen-bond donors (Lipinski definition) is 1. The Morgan fingerprint density at radius 1 is 1.17 bits per heavy atom. The quantitative estimate of drug-likeness (QED) is 0.884. The Morgan fingerprint density at radius 2 is 1.94 bits per heavy atom. The van der Waals surface area contributed by atoms with Gasteiger partial charge in [-0.05, 0) is 42.3 Å². The lowest BCUT2D eigenvalue weighted by atomic mass is 10.0. The van der Waals surface area contributed by atoms with E-state index >= 15 is 0 Å². The van der Waals surface area contributed by atoms with E-state index in [1.807, 2.05) is 24.4 Å². The maximum Gasteiger partial charge on any atom is 0.0591 e. The minimum atomic E-state index is 0.177. The van der Waals surface area contributed by atoms with Crippen LogP contribution in [0.25, 0.3) is 0 Å². The highest BCUT2D eigenvalue weighted by atomic mass is 35.5. The third kappa shape index (κ3) is 3.31. The number of pyridine rings is 1. The zero-order valence-corrected chi connectivity index (χ0v) is 11.2. The molecule has 0 aliphatic carbocycles. The molecule has 1 heterocycles. The van der Waals surface area contributed by atoms with Gasteiger partial charge in [-0.3, -0.25) is 4.98 Å². The molecule has 3 heteroatoms. The number of nitrogens with zero attached hydrogens (tertiary/aromatic N) is 1. The highest BCUT2D eigenvalue weighted by molar-refractivity contribution is 6.30. The van der Waals surface area contributed by atoms with E-state index in [4.69, 9.17) is 11.6 Å². The van der Waals surface area contributed by atoms with E-state index in [9.17, 15) is 0 Å². The predicted molar refractivity (Wildman–Crippen MR) is 75.8 cm³/mol. The molecule has 2 nitrogen and oxygen atoms in total. The molecule has 1 N–H and O–H groups in total. The maximum absolute atomic E-state index is 5.93. The van der Waals surface area contributed by atoms with Crippen LogP contribution in [-0.4, -0.2) is 11.5 Å². The zero-order chi connectivity index (χ0) is 12.8. The average molecular weight is 261 g/mol. The van der Waals surface area contributed by atoms with Crippen molar-refractivity contribution in [1.29, 1.82) is 0 Å². The Bertz CT molecular complexity index is 468. The first-order valence-corrected chi connectivity index (χ1v) is 6.58. The Morgan fingerprint density at radius 3 is 2.56 bits per heavy atom. The Labute approximate surface area is 113 Å². The van der Waals surface area contributed by atoms with Crippen LogP contribution in [0.5, 0.6) is 0 Å². The molecular formula is C15H17ClN2. The third-order valence-corrected chi connectivity index (χ3v) is 3.07. The van der Waals surface area contributed by atoms with E-state index in [1.165, 1.54) is 11.1 Å². The highest BCUT2D eigenvalue weighted by Crippen LogP contribution is 2.22. The van der Waals surface area contributed by atoms with E-state index in [2.05, 4.69) is 35.4 Å². The van der Waals surface area contributed by atoms with Crippen molar-refractivity contribution in [2.45, 2.75) is 19.4 Å². The molecule has 18 heavy (non-hydrogen) atoms. The van der Waals surface area contributed by atoms with Gasteiger partial charge in [0.1, 0.15) is 0 Å². The summed E-state index contributed by atoms with van der Waals surface area (Å²) < 4.78 is 0. The predicted octanol–water partition coefficient (Wildman–Crippen LogP) is 3.82. The third-order valence-electron chi connectivity index (χ3n) is 2.82. The smallest absolute Gasteiger partial charge is 0.0591 e. The van der Waals surface area contributed by atoms with Crippen LogP contribution in [0.2, 0.25) is 5.02 Å². The van der Waals surface area contributed by atoms with Crippen molar-refractivity contribution >= 4 is 11.6 Å². The summed E-state index contributed by atoms with van der Waals surface area (Å²) in [4.78, 5) is 4.19. The summed E-state index contributed by atoms with van der Waals surface area (Å²) in [5, 5.41) is 4.30. The van der Waals surface area contributed by atoms with Crippen molar-refractivity contribution in [3.63, 3.8) is 0 Å². The van der Waals surface area contributed by atoms with Crippen LogP contribution in [0, 0.1) is 0 Å². The SMILES string of the molecule is CCCNC(c1ccc(Cl)cc1)c1cccnc1. The monoisotopic (exact) mass is 260 g/mol. The molecule has 0 aliphatic heterocycles. The lowest BCUT2D eigenvalue weighted by molar-refractivity contribution is 0.597. The first kappa shape index (κ1) is 13.1. The largest absolute Gasteiger partial charge is 0.306 e. The van der Waals surface area contributed by atoms with Crippen LogP contribution >= 0.6 is 11.6 Å². The summed E-state index contributed by atoms with van der Waals surface area (Å²) in [6, 6.07) is 12.2. The normalized spacial score (nSPS) is 12.3. The molecule has 2 aromatic rings. The summed E-state index contributed by atoms with van der Waals surface area (Å²) >= 11 is 5.93. The van der Waals surface area contributed by atoms with Gasteiger partial charge in [0.25, 0.3) is 0 Å². The van der Waals surface area contributed by atoms with Crippen LogP contribution in [-0.2, 0) is 0 Å². The molecule has 0 saturated heterocycles. The van der Waals surface area contributed by atoms with Gasteiger partial charge in [-0.25, -0.2) is 0 Å². The van der Waals surface area contributed by atoms with Gasteiger partial charge in [0.2, 0.25) is 0 Å². The molecule has 1 unspecified atom stereocenters. The van der Waals surface area contributed by atoms with Gasteiger partial charge in [0.15, 0.2) is 0 Å². The van der Waals surface area contributed by atoms with E-state index in [0.29, 0.717) is 0 Å². The molecule has 1 aromatic carbocycles. The molecule has 1 aromatic heterocycles. The van der Waals surface area contributed by atoms with Crippen molar-refractivity contribution in [3.05, 3.63) is 64.9 Å². The fourth-order valence-corrected chi connectivity index (χ4v) is 2.04. The molecule has 94 valence electrons. The fraction of sp³-hybridized carbons (Fsp3) is 0.267. The number of aromatic nitrogens is 1. The fourth-order valence-electron chi connectivity index (χ4n) is 1.92. The molecule has 0 spiro atoms. The second-order valence-corrected chi connectivity index (χ2v) is 4.66. The summed E-state index contributed by atoms with van der Waals surface area (Å²) in [5.74, 6) is 0. The summed E-state index contributed by atoms with van der Waals surface area (Å²) in [5.41, 5.74) is 2.38. The van der Waals surface area contributed by atoms with Gasteiger partial charge in [-0.15, -0.1) is 0 Å². The number of benzene rings is 1. The van der Waals surface area contributed by atoms with Crippen LogP contribution in [0.15, 0.2) is 48.8 Å². The maximum atomic E-state index is 5.93. The number of rotatable bonds is 5. The Balaban J connectivity index is 2.27. The molecular weight excluding hydrogens is 244 g/mol. The average Bonchev–Trinajstić information content (AvgIpc) is 2.42. The van der Waals surface area contributed by atoms with Crippen LogP contribution in [0.1, 0.15) is 30.5 Å². The first-order chi connectivity index (χ1) is 8.81. The standard InChI is InChI=1S/C15H17ClN2/c1-2-9-18-15(13-4-3-10-17-11-13)12-5-7-14(16)8-6-12/h3-8,10-11,15,18H,2,9H2,1H3. The zero-order valence-electron chi connectivity index (χ0n) is 10.4. The first-order valence-electron chi connectivity index (χ1n) is 6.20. The van der Waals surface area contributed by atoms with Crippen molar-refractivity contribution in [3.8, 4) is 0 Å². The van der Waals surface area contributed by atoms with Gasteiger partial charge < -0.3 is 5.32 Å². The van der Waals surface area contributed by atoms with E-state index in [0.717, 1.165) is 18.0 Å². The van der Waals surface area contributed by atoms with Gasteiger partial charge in [0.05, 0.1) is 6.04 Å². The Kier molecular flexibility index (Phi) is 4.73. The molecule has 0 fully saturated rings. The minimum absolute atomic E-state index is 0.177. The van der Waals surface area contributed by atoms with E-state index < -0.39 is 0 Å². The second-order valence-electron chi connectivity index (χ2n) is 4.23. The summed E-state index contributed by atoms with van der Waals surface area (Å²) in [6.45, 7) is 3.14. The topological polar surface area (TPSA) is 24.9 Å². The van der Waals surface area contributed by atoms with Crippen LogP contribution in [0.3, 0.4) is 0 Å². The molecule has 0 saturated carbocycles. The lowest BCUT2D eigenvalue weighted by Gasteiger charge is -2.19. The molecule has 2 rings (SSSR count). The van der Waals surface area contributed by atoms with E-state index in [1.54, 1.807) is 6.20 Å². The number of hydrogen-bond acceptors (Lipinski definition) is 2. The molecule has 0 radical (unpaired) electrons. The van der Waals surface area contributed by atoms with Crippen molar-refractivity contribution in [2.24, 2.45) is 0 Å². The van der Waals surface area contributed by atoms with Crippen LogP contribution < -0.4 is 5.32 Å². The van der Waals surface area contributed by atoms with E-state index in [-0.39, 0.29) is 6.04 Å². The highest BCUT2D eigenvalue weighted by Gasteiger charge is 2.12. The van der Waals surface area contributed by atoms with Gasteiger partial charge in [0, 0.05) is 17.4 Å². The summed E-state index contributed by atoms with van der Waals surface area (Å²) in [6.07, 6.45) is 4.80. The van der Waals surface area contributed by atoms with Gasteiger partial charge >= 0.3 is 0 Å². The molecule has 0 amide bonds. The second kappa shape index (κ2) is 6.53. The van der Waals surface area contributed by atoms with Crippen molar-refractivity contribution < 1.29 is 0 Å². The molecule has 0 aliphatic rings. The lowest BCUT2D eigenvalue weighted by Crippen LogP contribution is -2.23. The number of halogens is 1. The van der Waals surface area contributed by atoms with Crippen molar-refractivity contribution in [1.82, 2.24) is 10.3 Å². The van der Waals surface area contributed by atoms with Crippen LogP contribution in [0.4, 0.5) is 0 Å². The molecule has 0 bridgehead atoms. The number of nitrogens with one attached hydrogen (secondary N) is 1. The Hall–Kier alpha value is -1.38. The molecule has 1 atom stereocenters. The summed E-state index contributed by atoms with van der Waals surface area (Å²) in [7, 11) is 0. The van der Waals surface area contributed by atoms with Gasteiger partial charge in [-0.2, -0.15) is 0 Å². The minimum Gasteiger partial charge on any atom is -0.306 e.